The number of amides is 1. The molecule has 0 saturated heterocycles. The molecular weight excluding hydrogens is 364 g/mol. The van der Waals surface area contributed by atoms with E-state index in [0.717, 1.165) is 10.4 Å². The highest BCUT2D eigenvalue weighted by molar-refractivity contribution is 7.16. The van der Waals surface area contributed by atoms with Gasteiger partial charge in [0.25, 0.3) is 5.91 Å². The molecule has 0 aliphatic heterocycles. The Morgan fingerprint density at radius 2 is 1.74 bits per heavy atom. The molecule has 0 unspecified atom stereocenters. The minimum Gasteiger partial charge on any atom is -0.496 e. The maximum atomic E-state index is 12.6. The molecule has 0 atom stereocenters. The van der Waals surface area contributed by atoms with Gasteiger partial charge in [0.15, 0.2) is 5.13 Å². The van der Waals surface area contributed by atoms with Crippen molar-refractivity contribution in [3.8, 4) is 17.0 Å². The summed E-state index contributed by atoms with van der Waals surface area (Å²) in [5, 5.41) is 3.20. The maximum absolute atomic E-state index is 12.6. The fourth-order valence-electron chi connectivity index (χ4n) is 2.55. The Morgan fingerprint density at radius 1 is 1.04 bits per heavy atom. The van der Waals surface area contributed by atoms with Crippen molar-refractivity contribution in [2.45, 2.75) is 6.42 Å². The number of ether oxygens (including phenoxy) is 2. The summed E-state index contributed by atoms with van der Waals surface area (Å²) in [5.74, 6) is -0.214. The lowest BCUT2D eigenvalue weighted by Crippen LogP contribution is -2.12. The first-order chi connectivity index (χ1) is 13.1. The number of aromatic nitrogens is 1. The third-order valence-corrected chi connectivity index (χ3v) is 4.82. The van der Waals surface area contributed by atoms with Gasteiger partial charge in [-0.25, -0.2) is 4.98 Å². The van der Waals surface area contributed by atoms with Crippen molar-refractivity contribution in [1.82, 2.24) is 4.98 Å². The molecule has 1 heterocycles. The number of hydrogen-bond donors (Lipinski definition) is 1. The Kier molecular flexibility index (Phi) is 5.83. The van der Waals surface area contributed by atoms with Gasteiger partial charge in [0.05, 0.1) is 31.9 Å². The molecule has 0 spiro atoms. The van der Waals surface area contributed by atoms with Crippen LogP contribution in [-0.4, -0.2) is 31.1 Å². The largest absolute Gasteiger partial charge is 0.496 e. The summed E-state index contributed by atoms with van der Waals surface area (Å²) < 4.78 is 10.0. The fourth-order valence-corrected chi connectivity index (χ4v) is 3.51. The number of hydrogen-bond acceptors (Lipinski definition) is 6. The van der Waals surface area contributed by atoms with Crippen molar-refractivity contribution in [1.29, 1.82) is 0 Å². The van der Waals surface area contributed by atoms with Crippen LogP contribution < -0.4 is 10.1 Å². The second-order valence-electron chi connectivity index (χ2n) is 5.56. The molecule has 3 aromatic rings. The van der Waals surface area contributed by atoms with Crippen molar-refractivity contribution in [2.24, 2.45) is 0 Å². The van der Waals surface area contributed by atoms with Gasteiger partial charge in [-0.1, -0.05) is 42.5 Å². The van der Waals surface area contributed by atoms with E-state index < -0.39 is 0 Å². The summed E-state index contributed by atoms with van der Waals surface area (Å²) >= 11 is 1.25. The number of nitrogens with zero attached hydrogens (tertiary/aromatic N) is 1. The number of carbonyl (C=O) groups is 2. The molecule has 6 nitrogen and oxygen atoms in total. The molecule has 0 aliphatic carbocycles. The molecule has 0 bridgehead atoms. The van der Waals surface area contributed by atoms with Gasteiger partial charge in [0.2, 0.25) is 0 Å². The Bertz CT molecular complexity index is 954. The summed E-state index contributed by atoms with van der Waals surface area (Å²) in [5.41, 5.74) is 1.93. The van der Waals surface area contributed by atoms with Crippen LogP contribution in [0.5, 0.6) is 5.75 Å². The van der Waals surface area contributed by atoms with Crippen LogP contribution >= 0.6 is 11.3 Å². The maximum Gasteiger partial charge on any atom is 0.310 e. The fraction of sp³-hybridized carbons (Fsp3) is 0.150. The van der Waals surface area contributed by atoms with Crippen LogP contribution in [0.3, 0.4) is 0 Å². The molecule has 0 fully saturated rings. The van der Waals surface area contributed by atoms with Gasteiger partial charge < -0.3 is 9.47 Å². The lowest BCUT2D eigenvalue weighted by molar-refractivity contribution is -0.139. The molecular formula is C20H18N2O4S. The quantitative estimate of drug-likeness (QED) is 0.657. The van der Waals surface area contributed by atoms with E-state index in [9.17, 15) is 9.59 Å². The van der Waals surface area contributed by atoms with Crippen LogP contribution in [-0.2, 0) is 16.0 Å². The van der Waals surface area contributed by atoms with Gasteiger partial charge in [0.1, 0.15) is 5.75 Å². The summed E-state index contributed by atoms with van der Waals surface area (Å²) in [6, 6.07) is 16.4. The first-order valence-electron chi connectivity index (χ1n) is 8.18. The molecule has 3 rings (SSSR count). The number of esters is 1. The lowest BCUT2D eigenvalue weighted by atomic mass is 10.1. The normalized spacial score (nSPS) is 10.3. The zero-order valence-corrected chi connectivity index (χ0v) is 15.7. The van der Waals surface area contributed by atoms with E-state index in [-0.39, 0.29) is 18.3 Å². The van der Waals surface area contributed by atoms with E-state index in [0.29, 0.717) is 22.1 Å². The Labute approximate surface area is 160 Å². The van der Waals surface area contributed by atoms with Crippen LogP contribution in [0.25, 0.3) is 11.3 Å². The number of rotatable bonds is 6. The highest BCUT2D eigenvalue weighted by Gasteiger charge is 2.19. The number of thiazole rings is 1. The second-order valence-corrected chi connectivity index (χ2v) is 6.65. The summed E-state index contributed by atoms with van der Waals surface area (Å²) in [6.07, 6.45) is 0.0862. The molecule has 0 radical (unpaired) electrons. The number of methoxy groups -OCH3 is 2. The van der Waals surface area contributed by atoms with Crippen LogP contribution in [0.2, 0.25) is 0 Å². The van der Waals surface area contributed by atoms with Crippen LogP contribution in [0.15, 0.2) is 54.6 Å². The Hall–Kier alpha value is -3.19. The predicted octanol–water partition coefficient (Wildman–Crippen LogP) is 3.79. The standard InChI is InChI=1S/C20H18N2O4S/c1-25-15-11-7-6-10-14(15)19(24)22-20-21-18(13-8-4-3-5-9-13)16(27-20)12-17(23)26-2/h3-11H,12H2,1-2H3,(H,21,22,24). The van der Waals surface area contributed by atoms with E-state index in [1.54, 1.807) is 24.3 Å². The van der Waals surface area contributed by atoms with Crippen molar-refractivity contribution < 1.29 is 19.1 Å². The molecule has 1 aromatic heterocycles. The van der Waals surface area contributed by atoms with Crippen molar-refractivity contribution in [2.75, 3.05) is 19.5 Å². The van der Waals surface area contributed by atoms with Gasteiger partial charge in [0, 0.05) is 10.4 Å². The van der Waals surface area contributed by atoms with E-state index in [1.165, 1.54) is 25.6 Å². The highest BCUT2D eigenvalue weighted by Crippen LogP contribution is 2.32. The topological polar surface area (TPSA) is 77.5 Å². The SMILES string of the molecule is COC(=O)Cc1sc(NC(=O)c2ccccc2OC)nc1-c1ccccc1. The molecule has 2 aromatic carbocycles. The van der Waals surface area contributed by atoms with Crippen LogP contribution in [0, 0.1) is 0 Å². The zero-order valence-electron chi connectivity index (χ0n) is 14.9. The van der Waals surface area contributed by atoms with Crippen molar-refractivity contribution in [3.05, 3.63) is 65.0 Å². The smallest absolute Gasteiger partial charge is 0.310 e. The summed E-state index contributed by atoms with van der Waals surface area (Å²) in [4.78, 5) is 29.6. The first kappa shape index (κ1) is 18.6. The molecule has 1 amide bonds. The number of nitrogens with one attached hydrogen (secondary N) is 1. The van der Waals surface area contributed by atoms with Gasteiger partial charge in [-0.05, 0) is 12.1 Å². The average molecular weight is 382 g/mol. The van der Waals surface area contributed by atoms with Crippen LogP contribution in [0.4, 0.5) is 5.13 Å². The number of para-hydroxylation sites is 1. The Morgan fingerprint density at radius 3 is 2.44 bits per heavy atom. The third kappa shape index (κ3) is 4.32. The molecule has 1 N–H and O–H groups in total. The molecule has 7 heteroatoms. The average Bonchev–Trinajstić information content (AvgIpc) is 3.10. The minimum atomic E-state index is -0.363. The second kappa shape index (κ2) is 8.46. The Balaban J connectivity index is 1.92. The minimum absolute atomic E-state index is 0.0862. The number of carbonyl (C=O) groups excluding carboxylic acids is 2. The molecule has 0 aliphatic rings. The van der Waals surface area contributed by atoms with E-state index in [4.69, 9.17) is 9.47 Å². The summed E-state index contributed by atoms with van der Waals surface area (Å²) in [7, 11) is 2.85. The lowest BCUT2D eigenvalue weighted by Gasteiger charge is -2.07. The summed E-state index contributed by atoms with van der Waals surface area (Å²) in [6.45, 7) is 0. The van der Waals surface area contributed by atoms with Crippen molar-refractivity contribution in [3.63, 3.8) is 0 Å². The molecule has 0 saturated carbocycles. The van der Waals surface area contributed by atoms with Gasteiger partial charge >= 0.3 is 5.97 Å². The number of anilines is 1. The van der Waals surface area contributed by atoms with Gasteiger partial charge in [-0.15, -0.1) is 11.3 Å². The first-order valence-corrected chi connectivity index (χ1v) is 9.00. The predicted molar refractivity (Wildman–Crippen MR) is 104 cm³/mol. The zero-order chi connectivity index (χ0) is 19.2. The molecule has 138 valence electrons. The van der Waals surface area contributed by atoms with E-state index >= 15 is 0 Å². The van der Waals surface area contributed by atoms with Gasteiger partial charge in [-0.2, -0.15) is 0 Å². The number of benzene rings is 2. The van der Waals surface area contributed by atoms with E-state index in [2.05, 4.69) is 10.3 Å². The molecule has 27 heavy (non-hydrogen) atoms. The third-order valence-electron chi connectivity index (χ3n) is 3.85. The van der Waals surface area contributed by atoms with E-state index in [1.807, 2.05) is 30.3 Å². The van der Waals surface area contributed by atoms with Crippen LogP contribution in [0.1, 0.15) is 15.2 Å². The van der Waals surface area contributed by atoms with Gasteiger partial charge in [-0.3, -0.25) is 14.9 Å². The van der Waals surface area contributed by atoms with Crippen molar-refractivity contribution >= 4 is 28.3 Å². The highest BCUT2D eigenvalue weighted by atomic mass is 32.1. The monoisotopic (exact) mass is 382 g/mol.